The Kier molecular flexibility index (Phi) is 4.48. The van der Waals surface area contributed by atoms with Crippen molar-refractivity contribution in [2.75, 3.05) is 20.1 Å². The van der Waals surface area contributed by atoms with E-state index in [1.165, 1.54) is 0 Å². The lowest BCUT2D eigenvalue weighted by molar-refractivity contribution is -0.341. The van der Waals surface area contributed by atoms with Crippen molar-refractivity contribution in [1.82, 2.24) is 0 Å². The van der Waals surface area contributed by atoms with Crippen LogP contribution < -0.4 is 0 Å². The van der Waals surface area contributed by atoms with E-state index in [2.05, 4.69) is 9.47 Å². The van der Waals surface area contributed by atoms with Crippen LogP contribution in [0.5, 0.6) is 0 Å². The largest absolute Gasteiger partial charge is 0.386 e. The van der Waals surface area contributed by atoms with E-state index in [9.17, 15) is 26.3 Å². The van der Waals surface area contributed by atoms with E-state index >= 15 is 0 Å². The Balaban J connectivity index is 3.68. The van der Waals surface area contributed by atoms with Gasteiger partial charge in [-0.1, -0.05) is 0 Å². The number of rotatable bonds is 6. The quantitative estimate of drug-likeness (QED) is 0.495. The molecule has 0 saturated carbocycles. The van der Waals surface area contributed by atoms with Crippen molar-refractivity contribution < 1.29 is 35.8 Å². The van der Waals surface area contributed by atoms with Crippen molar-refractivity contribution in [1.29, 1.82) is 0 Å². The van der Waals surface area contributed by atoms with Crippen LogP contribution in [0.3, 0.4) is 0 Å². The molecule has 8 heteroatoms. The van der Waals surface area contributed by atoms with E-state index in [-0.39, 0.29) is 0 Å². The van der Waals surface area contributed by atoms with Crippen LogP contribution in [0, 0.1) is 0 Å². The number of hydrogen-bond donors (Lipinski definition) is 0. The third-order valence-corrected chi connectivity index (χ3v) is 0.851. The topological polar surface area (TPSA) is 18.5 Å². The molecule has 0 unspecified atom stereocenters. The van der Waals surface area contributed by atoms with Crippen LogP contribution in [0.25, 0.3) is 0 Å². The first-order valence-corrected chi connectivity index (χ1v) is 2.98. The highest BCUT2D eigenvalue weighted by Crippen LogP contribution is 2.19. The normalized spacial score (nSPS) is 13.4. The molecule has 0 atom stereocenters. The maximum atomic E-state index is 11.8. The minimum Gasteiger partial charge on any atom is -0.291 e. The summed E-state index contributed by atoms with van der Waals surface area (Å²) in [5.41, 5.74) is 0. The van der Waals surface area contributed by atoms with Crippen molar-refractivity contribution in [3.8, 4) is 0 Å². The van der Waals surface area contributed by atoms with Crippen LogP contribution in [-0.4, -0.2) is 32.4 Å². The zero-order valence-corrected chi connectivity index (χ0v) is 6.21. The lowest BCUT2D eigenvalue weighted by Gasteiger charge is -2.16. The molecular weight excluding hydrogens is 206 g/mol. The molecule has 0 aromatic heterocycles. The number of hydrogen-bond acceptors (Lipinski definition) is 2. The SMILES string of the molecule is FCC(F)(F)OCOC(F)(F)CF. The highest BCUT2D eigenvalue weighted by atomic mass is 19.3. The van der Waals surface area contributed by atoms with Crippen LogP contribution in [0.15, 0.2) is 0 Å². The molecule has 0 fully saturated rings. The Morgan fingerprint density at radius 3 is 1.31 bits per heavy atom. The van der Waals surface area contributed by atoms with Crippen molar-refractivity contribution in [3.63, 3.8) is 0 Å². The Bertz CT molecular complexity index is 134. The van der Waals surface area contributed by atoms with E-state index in [1.54, 1.807) is 0 Å². The summed E-state index contributed by atoms with van der Waals surface area (Å²) in [6, 6.07) is 0. The van der Waals surface area contributed by atoms with E-state index in [4.69, 9.17) is 0 Å². The fourth-order valence-electron chi connectivity index (χ4n) is 0.279. The molecule has 0 saturated heterocycles. The molecule has 0 aromatic carbocycles. The van der Waals surface area contributed by atoms with Crippen molar-refractivity contribution >= 4 is 0 Å². The third-order valence-electron chi connectivity index (χ3n) is 0.851. The molecule has 80 valence electrons. The fraction of sp³-hybridized carbons (Fsp3) is 1.00. The predicted octanol–water partition coefficient (Wildman–Crippen LogP) is 2.10. The van der Waals surface area contributed by atoms with Gasteiger partial charge in [-0.15, -0.1) is 0 Å². The second kappa shape index (κ2) is 4.66. The molecule has 0 radical (unpaired) electrons. The lowest BCUT2D eigenvalue weighted by Crippen LogP contribution is -2.30. The standard InChI is InChI=1S/C5H6F6O2/c6-1-4(8,9)12-3-13-5(10,11)2-7/h1-3H2. The monoisotopic (exact) mass is 212 g/mol. The maximum absolute atomic E-state index is 11.8. The Hall–Kier alpha value is -0.500. The second-order valence-corrected chi connectivity index (χ2v) is 1.95. The van der Waals surface area contributed by atoms with Gasteiger partial charge in [-0.2, -0.15) is 17.6 Å². The number of alkyl halides is 6. The van der Waals surface area contributed by atoms with E-state index in [0.717, 1.165) is 0 Å². The maximum Gasteiger partial charge on any atom is 0.386 e. The molecule has 0 rings (SSSR count). The zero-order valence-electron chi connectivity index (χ0n) is 6.21. The molecule has 13 heavy (non-hydrogen) atoms. The molecule has 0 N–H and O–H groups in total. The summed E-state index contributed by atoms with van der Waals surface area (Å²) in [6.45, 7) is -5.93. The summed E-state index contributed by atoms with van der Waals surface area (Å²) in [6.07, 6.45) is -8.38. The van der Waals surface area contributed by atoms with E-state index < -0.39 is 32.4 Å². The van der Waals surface area contributed by atoms with Gasteiger partial charge in [0.25, 0.3) is 0 Å². The zero-order chi connectivity index (χ0) is 10.5. The minimum absolute atomic E-state index is 1.59. The van der Waals surface area contributed by atoms with E-state index in [0.29, 0.717) is 0 Å². The van der Waals surface area contributed by atoms with Gasteiger partial charge in [0, 0.05) is 0 Å². The predicted molar refractivity (Wildman–Crippen MR) is 28.9 cm³/mol. The summed E-state index contributed by atoms with van der Waals surface area (Å²) in [4.78, 5) is 0. The fourth-order valence-corrected chi connectivity index (χ4v) is 0.279. The van der Waals surface area contributed by atoms with Crippen LogP contribution in [0.2, 0.25) is 0 Å². The van der Waals surface area contributed by atoms with Gasteiger partial charge < -0.3 is 0 Å². The first-order chi connectivity index (χ1) is 5.83. The minimum atomic E-state index is -4.19. The summed E-state index contributed by atoms with van der Waals surface area (Å²) in [5, 5.41) is 0. The summed E-state index contributed by atoms with van der Waals surface area (Å²) in [7, 11) is 0. The van der Waals surface area contributed by atoms with Gasteiger partial charge in [0.1, 0.15) is 0 Å². The van der Waals surface area contributed by atoms with Crippen molar-refractivity contribution in [3.05, 3.63) is 0 Å². The Morgan fingerprint density at radius 1 is 0.769 bits per heavy atom. The van der Waals surface area contributed by atoms with Gasteiger partial charge in [-0.3, -0.25) is 9.47 Å². The molecule has 2 nitrogen and oxygen atoms in total. The third kappa shape index (κ3) is 5.69. The van der Waals surface area contributed by atoms with Crippen LogP contribution >= 0.6 is 0 Å². The average Bonchev–Trinajstić information content (AvgIpc) is 2.04. The molecule has 0 heterocycles. The number of halogens is 6. The molecule has 0 spiro atoms. The molecule has 0 aliphatic rings. The van der Waals surface area contributed by atoms with E-state index in [1.807, 2.05) is 0 Å². The van der Waals surface area contributed by atoms with Gasteiger partial charge >= 0.3 is 12.2 Å². The first-order valence-electron chi connectivity index (χ1n) is 2.98. The van der Waals surface area contributed by atoms with Crippen LogP contribution in [0.1, 0.15) is 0 Å². The summed E-state index contributed by atoms with van der Waals surface area (Å²) >= 11 is 0. The van der Waals surface area contributed by atoms with Gasteiger partial charge in [0.2, 0.25) is 0 Å². The molecule has 0 aromatic rings. The Labute approximate surface area is 69.4 Å². The van der Waals surface area contributed by atoms with Crippen LogP contribution in [-0.2, 0) is 9.47 Å². The van der Waals surface area contributed by atoms with Gasteiger partial charge in [-0.05, 0) is 0 Å². The smallest absolute Gasteiger partial charge is 0.291 e. The molecule has 0 bridgehead atoms. The second-order valence-electron chi connectivity index (χ2n) is 1.95. The molecular formula is C5H6F6O2. The molecule has 0 amide bonds. The molecule has 0 aliphatic heterocycles. The summed E-state index contributed by atoms with van der Waals surface area (Å²) in [5.74, 6) is 0. The van der Waals surface area contributed by atoms with Crippen LogP contribution in [0.4, 0.5) is 26.3 Å². The van der Waals surface area contributed by atoms with Gasteiger partial charge in [0.05, 0.1) is 0 Å². The average molecular weight is 212 g/mol. The van der Waals surface area contributed by atoms with Gasteiger partial charge in [0.15, 0.2) is 20.1 Å². The highest BCUT2D eigenvalue weighted by Gasteiger charge is 2.34. The van der Waals surface area contributed by atoms with Crippen molar-refractivity contribution in [2.45, 2.75) is 12.2 Å². The van der Waals surface area contributed by atoms with Gasteiger partial charge in [-0.25, -0.2) is 8.78 Å². The van der Waals surface area contributed by atoms with Crippen molar-refractivity contribution in [2.24, 2.45) is 0 Å². The molecule has 0 aliphatic carbocycles. The lowest BCUT2D eigenvalue weighted by atomic mass is 10.7. The first kappa shape index (κ1) is 12.5. The number of ether oxygens (including phenoxy) is 2. The summed E-state index contributed by atoms with van der Waals surface area (Å²) < 4.78 is 76.3. The highest BCUT2D eigenvalue weighted by molar-refractivity contribution is 4.48. The Morgan fingerprint density at radius 2 is 1.08 bits per heavy atom.